The number of carboxylic acids is 1. The summed E-state index contributed by atoms with van der Waals surface area (Å²) in [6.07, 6.45) is 2.69. The van der Waals surface area contributed by atoms with Crippen LogP contribution in [0.4, 0.5) is 4.39 Å². The molecule has 0 aliphatic carbocycles. The number of halogens is 1. The van der Waals surface area contributed by atoms with E-state index < -0.39 is 22.8 Å². The van der Waals surface area contributed by atoms with Gasteiger partial charge in [0.15, 0.2) is 0 Å². The van der Waals surface area contributed by atoms with Crippen LogP contribution >= 0.6 is 0 Å². The summed E-state index contributed by atoms with van der Waals surface area (Å²) >= 11 is 0. The van der Waals surface area contributed by atoms with Crippen LogP contribution in [0.2, 0.25) is 0 Å². The number of hydrogen-bond donors (Lipinski definition) is 3. The highest BCUT2D eigenvalue weighted by Gasteiger charge is 2.37. The van der Waals surface area contributed by atoms with Crippen LogP contribution in [-0.2, 0) is 6.42 Å². The number of nitrogens with zero attached hydrogens (tertiary/aromatic N) is 2. The minimum absolute atomic E-state index is 0.0411. The second kappa shape index (κ2) is 5.64. The highest BCUT2D eigenvalue weighted by Crippen LogP contribution is 2.23. The Kier molecular flexibility index (Phi) is 3.58. The molecule has 2 aliphatic rings. The minimum atomic E-state index is -1.35. The number of fused-ring (bicyclic) bond motifs is 3. The second-order valence-electron chi connectivity index (χ2n) is 6.39. The third kappa shape index (κ3) is 2.47. The predicted octanol–water partition coefficient (Wildman–Crippen LogP) is 0.349. The number of aromatic nitrogens is 2. The number of rotatable bonds is 4. The first kappa shape index (κ1) is 15.2. The van der Waals surface area contributed by atoms with E-state index in [4.69, 9.17) is 5.11 Å². The third-order valence-corrected chi connectivity index (χ3v) is 4.93. The molecule has 2 bridgehead atoms. The van der Waals surface area contributed by atoms with Crippen molar-refractivity contribution in [1.29, 1.82) is 0 Å². The van der Waals surface area contributed by atoms with Gasteiger partial charge in [-0.3, -0.25) is 9.69 Å². The molecule has 2 aromatic rings. The molecule has 0 saturated carbocycles. The molecule has 0 amide bonds. The molecule has 8 heteroatoms. The first-order valence-corrected chi connectivity index (χ1v) is 7.94. The molecule has 0 radical (unpaired) electrons. The maximum absolute atomic E-state index is 14.3. The lowest BCUT2D eigenvalue weighted by molar-refractivity contribution is 0.0695. The number of aromatic amines is 1. The van der Waals surface area contributed by atoms with Crippen LogP contribution in [-0.4, -0.2) is 57.7 Å². The van der Waals surface area contributed by atoms with Gasteiger partial charge in [0.25, 0.3) is 0 Å². The lowest BCUT2D eigenvalue weighted by Gasteiger charge is -2.27. The van der Waals surface area contributed by atoms with Gasteiger partial charge in [-0.1, -0.05) is 0 Å². The lowest BCUT2D eigenvalue weighted by Crippen LogP contribution is -2.44. The van der Waals surface area contributed by atoms with Gasteiger partial charge >= 0.3 is 5.97 Å². The van der Waals surface area contributed by atoms with E-state index in [0.717, 1.165) is 38.3 Å². The zero-order valence-electron chi connectivity index (χ0n) is 12.9. The summed E-state index contributed by atoms with van der Waals surface area (Å²) in [6.45, 7) is 2.66. The van der Waals surface area contributed by atoms with Gasteiger partial charge in [0.1, 0.15) is 17.0 Å². The SMILES string of the molecule is O=C(O)c1c[nH]c2nc(CCN3CC4CC3CN4)c(F)cc2c1=O. The summed E-state index contributed by atoms with van der Waals surface area (Å²) < 4.78 is 14.3. The summed E-state index contributed by atoms with van der Waals surface area (Å²) in [7, 11) is 0. The zero-order chi connectivity index (χ0) is 16.8. The number of aromatic carboxylic acids is 1. The molecule has 3 N–H and O–H groups in total. The van der Waals surface area contributed by atoms with Crippen molar-refractivity contribution in [3.63, 3.8) is 0 Å². The maximum Gasteiger partial charge on any atom is 0.341 e. The third-order valence-electron chi connectivity index (χ3n) is 4.93. The molecule has 24 heavy (non-hydrogen) atoms. The number of nitrogens with one attached hydrogen (secondary N) is 2. The van der Waals surface area contributed by atoms with Crippen LogP contribution in [0.3, 0.4) is 0 Å². The van der Waals surface area contributed by atoms with E-state index >= 15 is 0 Å². The maximum atomic E-state index is 14.3. The van der Waals surface area contributed by atoms with Crippen molar-refractivity contribution in [3.8, 4) is 0 Å². The molecular formula is C16H17FN4O3. The van der Waals surface area contributed by atoms with Crippen molar-refractivity contribution in [2.24, 2.45) is 0 Å². The number of H-pyrrole nitrogens is 1. The van der Waals surface area contributed by atoms with Crippen LogP contribution in [0.5, 0.6) is 0 Å². The molecule has 4 heterocycles. The van der Waals surface area contributed by atoms with E-state index in [9.17, 15) is 14.0 Å². The van der Waals surface area contributed by atoms with Gasteiger partial charge < -0.3 is 15.4 Å². The smallest absolute Gasteiger partial charge is 0.341 e. The molecule has 2 fully saturated rings. The predicted molar refractivity (Wildman–Crippen MR) is 84.8 cm³/mol. The molecule has 2 unspecified atom stereocenters. The summed E-state index contributed by atoms with van der Waals surface area (Å²) in [6, 6.07) is 2.13. The van der Waals surface area contributed by atoms with E-state index in [0.29, 0.717) is 18.5 Å². The molecule has 7 nitrogen and oxygen atoms in total. The Labute approximate surface area is 136 Å². The van der Waals surface area contributed by atoms with Gasteiger partial charge in [0.2, 0.25) is 5.43 Å². The van der Waals surface area contributed by atoms with E-state index in [1.807, 2.05) is 0 Å². The monoisotopic (exact) mass is 332 g/mol. The number of carboxylic acid groups (broad SMARTS) is 1. The fourth-order valence-electron chi connectivity index (χ4n) is 3.67. The van der Waals surface area contributed by atoms with Crippen molar-refractivity contribution in [1.82, 2.24) is 20.2 Å². The zero-order valence-corrected chi connectivity index (χ0v) is 12.9. The fraction of sp³-hybridized carbons (Fsp3) is 0.438. The first-order chi connectivity index (χ1) is 11.5. The van der Waals surface area contributed by atoms with Crippen molar-refractivity contribution < 1.29 is 14.3 Å². The Morgan fingerprint density at radius 1 is 1.50 bits per heavy atom. The van der Waals surface area contributed by atoms with Crippen LogP contribution in [0, 0.1) is 5.82 Å². The van der Waals surface area contributed by atoms with Gasteiger partial charge in [-0.2, -0.15) is 0 Å². The van der Waals surface area contributed by atoms with Crippen LogP contribution in [0.15, 0.2) is 17.1 Å². The average molecular weight is 332 g/mol. The summed E-state index contributed by atoms with van der Waals surface area (Å²) in [4.78, 5) is 32.3. The molecule has 0 aromatic carbocycles. The molecule has 126 valence electrons. The fourth-order valence-corrected chi connectivity index (χ4v) is 3.67. The highest BCUT2D eigenvalue weighted by atomic mass is 19.1. The number of pyridine rings is 2. The van der Waals surface area contributed by atoms with Gasteiger partial charge in [0.05, 0.1) is 11.1 Å². The van der Waals surface area contributed by atoms with Gasteiger partial charge in [-0.05, 0) is 12.5 Å². The Bertz CT molecular complexity index is 881. The van der Waals surface area contributed by atoms with Crippen molar-refractivity contribution >= 4 is 17.0 Å². The van der Waals surface area contributed by atoms with Gasteiger partial charge in [-0.15, -0.1) is 0 Å². The molecule has 2 saturated heterocycles. The average Bonchev–Trinajstić information content (AvgIpc) is 3.16. The molecule has 2 aliphatic heterocycles. The Morgan fingerprint density at radius 2 is 2.33 bits per heavy atom. The van der Waals surface area contributed by atoms with E-state index in [2.05, 4.69) is 20.2 Å². The van der Waals surface area contributed by atoms with Crippen LogP contribution in [0.25, 0.3) is 11.0 Å². The van der Waals surface area contributed by atoms with Crippen LogP contribution in [0.1, 0.15) is 22.5 Å². The molecule has 4 rings (SSSR count). The Morgan fingerprint density at radius 3 is 3.00 bits per heavy atom. The second-order valence-corrected chi connectivity index (χ2v) is 6.39. The largest absolute Gasteiger partial charge is 0.477 e. The van der Waals surface area contributed by atoms with E-state index in [1.54, 1.807) is 0 Å². The lowest BCUT2D eigenvalue weighted by atomic mass is 10.1. The van der Waals surface area contributed by atoms with Crippen molar-refractivity contribution in [2.45, 2.75) is 24.9 Å². The van der Waals surface area contributed by atoms with E-state index in [-0.39, 0.29) is 16.7 Å². The summed E-state index contributed by atoms with van der Waals surface area (Å²) in [5, 5.41) is 12.3. The quantitative estimate of drug-likeness (QED) is 0.747. The number of piperazine rings is 1. The van der Waals surface area contributed by atoms with Gasteiger partial charge in [-0.25, -0.2) is 14.2 Å². The summed E-state index contributed by atoms with van der Waals surface area (Å²) in [5.41, 5.74) is -0.642. The number of likely N-dealkylation sites (tertiary alicyclic amines) is 1. The topological polar surface area (TPSA) is 98.3 Å². The van der Waals surface area contributed by atoms with E-state index in [1.165, 1.54) is 0 Å². The Hall–Kier alpha value is -2.32. The highest BCUT2D eigenvalue weighted by molar-refractivity contribution is 5.91. The molecule has 2 atom stereocenters. The standard InChI is InChI=1S/C16H17FN4O3/c17-12-4-10-14(22)11(16(23)24)6-19-15(10)20-13(12)1-2-21-7-8-3-9(21)5-18-8/h4,6,8-9,18H,1-3,5,7H2,(H,23,24)(H,19,20,22). The normalized spacial score (nSPS) is 23.2. The molecular weight excluding hydrogens is 315 g/mol. The minimum Gasteiger partial charge on any atom is -0.477 e. The van der Waals surface area contributed by atoms with Crippen molar-refractivity contribution in [2.75, 3.05) is 19.6 Å². The number of carbonyl (C=O) groups is 1. The van der Waals surface area contributed by atoms with Gasteiger partial charge in [0, 0.05) is 44.3 Å². The summed E-state index contributed by atoms with van der Waals surface area (Å²) in [5.74, 6) is -1.92. The van der Waals surface area contributed by atoms with Crippen molar-refractivity contribution in [3.05, 3.63) is 39.6 Å². The molecule has 0 spiro atoms. The molecule has 2 aromatic heterocycles. The van der Waals surface area contributed by atoms with Crippen LogP contribution < -0.4 is 10.7 Å². The first-order valence-electron chi connectivity index (χ1n) is 7.94. The Balaban J connectivity index is 1.60. The number of hydrogen-bond acceptors (Lipinski definition) is 5.